The Hall–Kier alpha value is -0.530. The van der Waals surface area contributed by atoms with Gasteiger partial charge in [0.25, 0.3) is 0 Å². The maximum atomic E-state index is 13.4. The molecule has 2 N–H and O–H groups in total. The molecule has 236 valence electrons. The predicted molar refractivity (Wildman–Crippen MR) is 163 cm³/mol. The molecule has 6 rings (SSSR count). The normalized spacial score (nSPS) is 47.7. The first-order valence-electron chi connectivity index (χ1n) is 16.5. The third-order valence-corrected chi connectivity index (χ3v) is 14.8. The van der Waals surface area contributed by atoms with Crippen molar-refractivity contribution in [3.63, 3.8) is 0 Å². The van der Waals surface area contributed by atoms with Gasteiger partial charge in [-0.15, -0.1) is 0 Å². The molecule has 0 amide bonds. The Bertz CT molecular complexity index is 1170. The van der Waals surface area contributed by atoms with E-state index in [1.165, 1.54) is 25.7 Å². The van der Waals surface area contributed by atoms with Crippen molar-refractivity contribution < 1.29 is 28.3 Å². The highest BCUT2D eigenvalue weighted by Crippen LogP contribution is 2.69. The molecule has 5 fully saturated rings. The number of halogens is 1. The van der Waals surface area contributed by atoms with Crippen LogP contribution in [0, 0.1) is 52.3 Å². The molecule has 4 aliphatic carbocycles. The number of hydrogen-bond acceptors (Lipinski definition) is 7. The van der Waals surface area contributed by atoms with Crippen molar-refractivity contribution in [3.8, 4) is 0 Å². The lowest BCUT2D eigenvalue weighted by Crippen LogP contribution is -2.62. The largest absolute Gasteiger partial charge is 0.475 e. The van der Waals surface area contributed by atoms with Gasteiger partial charge in [0.1, 0.15) is 0 Å². The van der Waals surface area contributed by atoms with Crippen molar-refractivity contribution in [2.75, 3.05) is 13.2 Å². The average Bonchev–Trinajstić information content (AvgIpc) is 3.31. The van der Waals surface area contributed by atoms with E-state index in [-0.39, 0.29) is 29.0 Å². The number of aliphatic hydroxyl groups excluding tert-OH is 2. The van der Waals surface area contributed by atoms with Crippen LogP contribution in [0.4, 0.5) is 0 Å². The highest BCUT2D eigenvalue weighted by Gasteiger charge is 2.64. The van der Waals surface area contributed by atoms with Gasteiger partial charge in [0.15, 0.2) is 0 Å². The second-order valence-electron chi connectivity index (χ2n) is 14.8. The van der Waals surface area contributed by atoms with E-state index >= 15 is 0 Å². The van der Waals surface area contributed by atoms with Crippen LogP contribution in [-0.2, 0) is 18.1 Å². The quantitative estimate of drug-likeness (QED) is 0.297. The molecule has 4 saturated carbocycles. The van der Waals surface area contributed by atoms with Gasteiger partial charge in [0, 0.05) is 24.4 Å². The Morgan fingerprint density at radius 2 is 1.88 bits per heavy atom. The van der Waals surface area contributed by atoms with E-state index in [0.717, 1.165) is 37.7 Å². The Labute approximate surface area is 257 Å². The van der Waals surface area contributed by atoms with Crippen molar-refractivity contribution in [1.29, 1.82) is 0 Å². The first-order chi connectivity index (χ1) is 20.0. The molecule has 1 saturated heterocycles. The number of aromatic nitrogens is 1. The highest BCUT2D eigenvalue weighted by atomic mass is 35.5. The van der Waals surface area contributed by atoms with Gasteiger partial charge in [0.2, 0.25) is 0 Å². The molecule has 42 heavy (non-hydrogen) atoms. The lowest BCUT2D eigenvalue weighted by atomic mass is 9.41. The summed E-state index contributed by atoms with van der Waals surface area (Å²) < 4.78 is 30.6. The van der Waals surface area contributed by atoms with Crippen LogP contribution in [0.1, 0.15) is 104 Å². The summed E-state index contributed by atoms with van der Waals surface area (Å²) in [5, 5.41) is 23.0. The number of hydrogen-bond donors (Lipinski definition) is 2. The van der Waals surface area contributed by atoms with E-state index in [1.807, 2.05) is 0 Å². The number of rotatable bonds is 7. The maximum absolute atomic E-state index is 13.4. The van der Waals surface area contributed by atoms with Gasteiger partial charge in [-0.25, -0.2) is 4.57 Å². The van der Waals surface area contributed by atoms with Gasteiger partial charge < -0.3 is 10.2 Å². The molecule has 9 heteroatoms. The molecule has 0 bridgehead atoms. The zero-order valence-corrected chi connectivity index (χ0v) is 27.4. The van der Waals surface area contributed by atoms with Crippen molar-refractivity contribution >= 4 is 19.4 Å². The maximum Gasteiger partial charge on any atom is 0.475 e. The van der Waals surface area contributed by atoms with Gasteiger partial charge in [-0.2, -0.15) is 0 Å². The van der Waals surface area contributed by atoms with Crippen molar-refractivity contribution in [2.45, 2.75) is 110 Å². The van der Waals surface area contributed by atoms with Crippen LogP contribution in [-0.4, -0.2) is 40.6 Å². The molecule has 1 aliphatic heterocycles. The number of phosphoric ester groups is 1. The molecule has 5 aliphatic rings. The number of fused-ring (bicyclic) bond motifs is 5. The summed E-state index contributed by atoms with van der Waals surface area (Å²) in [7, 11) is -3.68. The Morgan fingerprint density at radius 1 is 1.12 bits per heavy atom. The topological polar surface area (TPSA) is 98.1 Å². The van der Waals surface area contributed by atoms with Crippen LogP contribution in [0.25, 0.3) is 0 Å². The zero-order chi connectivity index (χ0) is 29.9. The number of pyridine rings is 1. The van der Waals surface area contributed by atoms with Crippen LogP contribution in [0.5, 0.6) is 0 Å². The third kappa shape index (κ3) is 5.35. The van der Waals surface area contributed by atoms with Crippen LogP contribution in [0.15, 0.2) is 18.5 Å². The fourth-order valence-electron chi connectivity index (χ4n) is 10.9. The molecule has 4 unspecified atom stereocenters. The van der Waals surface area contributed by atoms with Crippen molar-refractivity contribution in [2.24, 2.45) is 52.3 Å². The summed E-state index contributed by atoms with van der Waals surface area (Å²) >= 11 is 6.31. The smallest absolute Gasteiger partial charge is 0.393 e. The monoisotopic (exact) mass is 623 g/mol. The minimum absolute atomic E-state index is 0.183. The third-order valence-electron chi connectivity index (χ3n) is 13.0. The minimum Gasteiger partial charge on any atom is -0.393 e. The van der Waals surface area contributed by atoms with E-state index in [9.17, 15) is 14.8 Å². The van der Waals surface area contributed by atoms with E-state index in [1.54, 1.807) is 18.5 Å². The average molecular weight is 624 g/mol. The number of aliphatic hydroxyl groups is 2. The molecule has 1 aromatic heterocycles. The molecule has 0 aromatic carbocycles. The Morgan fingerprint density at radius 3 is 2.64 bits per heavy atom. The number of nitrogens with zero attached hydrogens (tertiary/aromatic N) is 1. The summed E-state index contributed by atoms with van der Waals surface area (Å²) in [5.41, 5.74) is 1.16. The highest BCUT2D eigenvalue weighted by molar-refractivity contribution is 7.48. The first kappa shape index (κ1) is 31.5. The lowest BCUT2D eigenvalue weighted by Gasteiger charge is -2.64. The van der Waals surface area contributed by atoms with Gasteiger partial charge in [-0.1, -0.05) is 45.7 Å². The molecule has 2 heterocycles. The van der Waals surface area contributed by atoms with Gasteiger partial charge >= 0.3 is 7.82 Å². The zero-order valence-electron chi connectivity index (χ0n) is 25.8. The summed E-state index contributed by atoms with van der Waals surface area (Å²) in [6.07, 6.45) is 12.2. The minimum atomic E-state index is -3.68. The molecule has 1 aromatic rings. The number of phosphoric acid groups is 1. The van der Waals surface area contributed by atoms with Gasteiger partial charge in [-0.05, 0) is 110 Å². The fraction of sp³-hybridized carbons (Fsp3) is 0.848. The molecule has 13 atom stereocenters. The Kier molecular flexibility index (Phi) is 8.99. The van der Waals surface area contributed by atoms with Gasteiger partial charge in [-0.3, -0.25) is 18.6 Å². The van der Waals surface area contributed by atoms with Crippen LogP contribution >= 0.6 is 19.4 Å². The van der Waals surface area contributed by atoms with Crippen LogP contribution in [0.2, 0.25) is 5.02 Å². The van der Waals surface area contributed by atoms with E-state index in [2.05, 4.69) is 32.7 Å². The first-order valence-corrected chi connectivity index (χ1v) is 18.4. The molecule has 0 radical (unpaired) electrons. The predicted octanol–water partition coefficient (Wildman–Crippen LogP) is 7.99. The fourth-order valence-corrected chi connectivity index (χ4v) is 12.5. The van der Waals surface area contributed by atoms with E-state index in [0.29, 0.717) is 60.2 Å². The second kappa shape index (κ2) is 12.0. The van der Waals surface area contributed by atoms with E-state index < -0.39 is 13.9 Å². The van der Waals surface area contributed by atoms with Crippen molar-refractivity contribution in [1.82, 2.24) is 4.98 Å². The summed E-state index contributed by atoms with van der Waals surface area (Å²) in [6, 6.07) is 1.79. The summed E-state index contributed by atoms with van der Waals surface area (Å²) in [5.74, 6) is 3.03. The SMILES string of the molecule is CC[C@@H]1C2C[C@H](O)CC[C@]2(C)C2CC[C@@]3(C)C(CC[C@@H]3[C@H](C)CCO[P@@]3(=O)OCC[C@@H](c4ccncc4Cl)O3)C2[C@@H]1O. The van der Waals surface area contributed by atoms with E-state index in [4.69, 9.17) is 25.2 Å². The molecule has 7 nitrogen and oxygen atoms in total. The molecular formula is C33H51ClNO6P. The van der Waals surface area contributed by atoms with Gasteiger partial charge in [0.05, 0.1) is 36.5 Å². The summed E-state index contributed by atoms with van der Waals surface area (Å²) in [6.45, 7) is 10.2. The van der Waals surface area contributed by atoms with Crippen LogP contribution in [0.3, 0.4) is 0 Å². The standard InChI is InChI=1S/C33H51ClNO6P/c1-5-22-27-18-21(36)8-13-33(27,4)26-9-14-32(3)24(6-7-25(32)30(26)31(22)37)20(2)11-16-39-42(38)40-17-12-29(41-42)23-10-15-35-19-28(23)34/h10,15,19-22,24-27,29-31,36-37H,5-9,11-14,16-18H2,1-4H3/t20-,21-,22-,24-,25?,26?,27?,29+,30?,31-,32-,33-,42+/m1/s1. The molecule has 0 spiro atoms. The Balaban J connectivity index is 1.11. The van der Waals surface area contributed by atoms with Crippen molar-refractivity contribution in [3.05, 3.63) is 29.0 Å². The molecular weight excluding hydrogens is 573 g/mol. The lowest BCUT2D eigenvalue weighted by molar-refractivity contribution is -0.203. The summed E-state index contributed by atoms with van der Waals surface area (Å²) in [4.78, 5) is 4.03. The second-order valence-corrected chi connectivity index (χ2v) is 16.8. The van der Waals surface area contributed by atoms with Crippen LogP contribution < -0.4 is 0 Å².